The predicted molar refractivity (Wildman–Crippen MR) is 109 cm³/mol. The van der Waals surface area contributed by atoms with E-state index in [1.54, 1.807) is 18.2 Å². The third-order valence-corrected chi connectivity index (χ3v) is 8.22. The Kier molecular flexibility index (Phi) is 4.79. The molecule has 28 heavy (non-hydrogen) atoms. The van der Waals surface area contributed by atoms with Gasteiger partial charge in [0.05, 0.1) is 0 Å². The maximum absolute atomic E-state index is 12.9. The van der Waals surface area contributed by atoms with Crippen LogP contribution < -0.4 is 4.72 Å². The van der Waals surface area contributed by atoms with Gasteiger partial charge in [0.1, 0.15) is 9.75 Å². The summed E-state index contributed by atoms with van der Waals surface area (Å²) in [4.78, 5) is 12.7. The second kappa shape index (κ2) is 7.00. The fourth-order valence-corrected chi connectivity index (χ4v) is 6.11. The summed E-state index contributed by atoms with van der Waals surface area (Å²) in [5.41, 5.74) is 0.142. The first-order chi connectivity index (χ1) is 13.3. The lowest BCUT2D eigenvalue weighted by Gasteiger charge is -2.14. The van der Waals surface area contributed by atoms with E-state index in [1.165, 1.54) is 6.07 Å². The minimum absolute atomic E-state index is 0.0804. The molecule has 0 bridgehead atoms. The summed E-state index contributed by atoms with van der Waals surface area (Å²) in [5.74, 6) is -1.56. The molecular weight excluding hydrogens is 418 g/mol. The van der Waals surface area contributed by atoms with Gasteiger partial charge in [0, 0.05) is 15.8 Å². The lowest BCUT2D eigenvalue weighted by Crippen LogP contribution is -2.44. The molecule has 0 aliphatic heterocycles. The number of sulfonamides is 1. The van der Waals surface area contributed by atoms with Crippen molar-refractivity contribution in [2.45, 2.75) is 22.1 Å². The molecule has 1 saturated carbocycles. The van der Waals surface area contributed by atoms with Gasteiger partial charge in [0.2, 0.25) is 0 Å². The quantitative estimate of drug-likeness (QED) is 0.605. The van der Waals surface area contributed by atoms with Crippen molar-refractivity contribution in [3.63, 3.8) is 0 Å². The number of thiophene rings is 1. The molecule has 0 spiro atoms. The summed E-state index contributed by atoms with van der Waals surface area (Å²) >= 11 is 6.98. The Morgan fingerprint density at radius 3 is 2.39 bits per heavy atom. The van der Waals surface area contributed by atoms with Gasteiger partial charge < -0.3 is 5.11 Å². The Bertz CT molecular complexity index is 1130. The highest BCUT2D eigenvalue weighted by Crippen LogP contribution is 2.52. The summed E-state index contributed by atoms with van der Waals surface area (Å²) in [6, 6.07) is 19.4. The number of rotatable bonds is 6. The highest BCUT2D eigenvalue weighted by molar-refractivity contribution is 7.91. The van der Waals surface area contributed by atoms with Gasteiger partial charge >= 0.3 is 5.97 Å². The molecule has 1 fully saturated rings. The largest absolute Gasteiger partial charge is 0.480 e. The van der Waals surface area contributed by atoms with E-state index in [1.807, 2.05) is 42.5 Å². The van der Waals surface area contributed by atoms with E-state index >= 15 is 0 Å². The summed E-state index contributed by atoms with van der Waals surface area (Å²) in [7, 11) is -3.98. The van der Waals surface area contributed by atoms with Gasteiger partial charge in [-0.25, -0.2) is 8.42 Å². The first-order valence-corrected chi connectivity index (χ1v) is 11.2. The summed E-state index contributed by atoms with van der Waals surface area (Å²) < 4.78 is 28.3. The molecule has 3 aromatic rings. The number of carboxylic acids is 1. The number of aliphatic carboxylic acids is 1. The van der Waals surface area contributed by atoms with E-state index in [4.69, 9.17) is 11.6 Å². The number of halogens is 1. The van der Waals surface area contributed by atoms with Gasteiger partial charge in [-0.1, -0.05) is 54.1 Å². The van der Waals surface area contributed by atoms with Gasteiger partial charge in [-0.15, -0.1) is 11.3 Å². The maximum Gasteiger partial charge on any atom is 0.325 e. The van der Waals surface area contributed by atoms with Crippen molar-refractivity contribution in [3.05, 3.63) is 77.3 Å². The monoisotopic (exact) mass is 433 g/mol. The molecule has 2 N–H and O–H groups in total. The van der Waals surface area contributed by atoms with Crippen molar-refractivity contribution in [2.75, 3.05) is 0 Å². The average Bonchev–Trinajstić information content (AvgIpc) is 3.17. The molecule has 0 amide bonds. The summed E-state index contributed by atoms with van der Waals surface area (Å²) in [6.07, 6.45) is 0.223. The normalized spacial score (nSPS) is 21.4. The van der Waals surface area contributed by atoms with Crippen LogP contribution in [0.1, 0.15) is 17.9 Å². The van der Waals surface area contributed by atoms with Crippen LogP contribution in [0.15, 0.2) is 70.9 Å². The second-order valence-corrected chi connectivity index (χ2v) is 10.1. The number of hydrogen-bond acceptors (Lipinski definition) is 4. The Morgan fingerprint density at radius 1 is 1.07 bits per heavy atom. The van der Waals surface area contributed by atoms with Crippen LogP contribution in [0.2, 0.25) is 5.02 Å². The zero-order valence-corrected chi connectivity index (χ0v) is 16.9. The molecule has 1 aliphatic carbocycles. The van der Waals surface area contributed by atoms with Gasteiger partial charge in [-0.05, 0) is 41.8 Å². The van der Waals surface area contributed by atoms with Crippen LogP contribution in [0.4, 0.5) is 0 Å². The Labute approximate surface area is 171 Å². The van der Waals surface area contributed by atoms with Crippen LogP contribution in [0.25, 0.3) is 10.4 Å². The first-order valence-electron chi connectivity index (χ1n) is 8.50. The lowest BCUT2D eigenvalue weighted by atomic mass is 10.1. The molecule has 4 rings (SSSR count). The van der Waals surface area contributed by atoms with E-state index < -0.39 is 27.4 Å². The zero-order valence-electron chi connectivity index (χ0n) is 14.5. The molecule has 5 nitrogen and oxygen atoms in total. The highest BCUT2D eigenvalue weighted by Gasteiger charge is 2.63. The minimum Gasteiger partial charge on any atom is -0.480 e. The Hall–Kier alpha value is -2.19. The highest BCUT2D eigenvalue weighted by atomic mass is 35.5. The number of nitrogens with one attached hydrogen (secondary N) is 1. The molecule has 1 aromatic heterocycles. The molecule has 144 valence electrons. The van der Waals surface area contributed by atoms with Gasteiger partial charge in [-0.3, -0.25) is 4.79 Å². The van der Waals surface area contributed by atoms with Crippen molar-refractivity contribution in [1.29, 1.82) is 0 Å². The van der Waals surface area contributed by atoms with Crippen molar-refractivity contribution < 1.29 is 18.3 Å². The molecule has 0 unspecified atom stereocenters. The van der Waals surface area contributed by atoms with E-state index in [2.05, 4.69) is 4.72 Å². The van der Waals surface area contributed by atoms with Gasteiger partial charge in [0.15, 0.2) is 0 Å². The number of hydrogen-bond donors (Lipinski definition) is 2. The molecule has 1 heterocycles. The number of carbonyl (C=O) groups is 1. The molecule has 0 saturated heterocycles. The predicted octanol–water partition coefficient (Wildman–Crippen LogP) is 4.36. The fraction of sp³-hybridized carbons (Fsp3) is 0.150. The van der Waals surface area contributed by atoms with Crippen LogP contribution >= 0.6 is 22.9 Å². The SMILES string of the molecule is O=C(O)[C@@]1(NS(=O)(=O)c2ccc(-c3ccc(Cl)cc3)s2)C[C@@H]1c1ccccc1. The third kappa shape index (κ3) is 3.46. The first kappa shape index (κ1) is 19.1. The van der Waals surface area contributed by atoms with Crippen molar-refractivity contribution in [1.82, 2.24) is 4.72 Å². The fourth-order valence-electron chi connectivity index (χ4n) is 3.27. The van der Waals surface area contributed by atoms with E-state index in [0.717, 1.165) is 27.3 Å². The number of benzene rings is 2. The van der Waals surface area contributed by atoms with Crippen molar-refractivity contribution in [3.8, 4) is 10.4 Å². The Balaban J connectivity index is 1.60. The average molecular weight is 434 g/mol. The third-order valence-electron chi connectivity index (χ3n) is 4.84. The molecule has 8 heteroatoms. The Morgan fingerprint density at radius 2 is 1.75 bits per heavy atom. The molecule has 0 radical (unpaired) electrons. The summed E-state index contributed by atoms with van der Waals surface area (Å²) in [5, 5.41) is 10.3. The standard InChI is InChI=1S/C20H16ClNO4S2/c21-15-8-6-14(7-9-15)17-10-11-18(27-17)28(25,26)22-20(19(23)24)12-16(20)13-4-2-1-3-5-13/h1-11,16,22H,12H2,(H,23,24)/t16-,20-/m1/s1. The van der Waals surface area contributed by atoms with Crippen LogP contribution in [-0.2, 0) is 14.8 Å². The smallest absolute Gasteiger partial charge is 0.325 e. The van der Waals surface area contributed by atoms with Gasteiger partial charge in [-0.2, -0.15) is 4.72 Å². The molecular formula is C20H16ClNO4S2. The van der Waals surface area contributed by atoms with Gasteiger partial charge in [0.25, 0.3) is 10.0 Å². The van der Waals surface area contributed by atoms with Crippen LogP contribution in [-0.4, -0.2) is 25.0 Å². The second-order valence-electron chi connectivity index (χ2n) is 6.67. The minimum atomic E-state index is -3.98. The summed E-state index contributed by atoms with van der Waals surface area (Å²) in [6.45, 7) is 0. The molecule has 2 atom stereocenters. The molecule has 1 aliphatic rings. The zero-order chi connectivity index (χ0) is 19.9. The topological polar surface area (TPSA) is 83.5 Å². The van der Waals surface area contributed by atoms with E-state index in [9.17, 15) is 18.3 Å². The van der Waals surface area contributed by atoms with E-state index in [-0.39, 0.29) is 10.6 Å². The maximum atomic E-state index is 12.9. The number of carboxylic acid groups (broad SMARTS) is 1. The van der Waals surface area contributed by atoms with E-state index in [0.29, 0.717) is 5.02 Å². The lowest BCUT2D eigenvalue weighted by molar-refractivity contribution is -0.140. The van der Waals surface area contributed by atoms with Crippen LogP contribution in [0.5, 0.6) is 0 Å². The van der Waals surface area contributed by atoms with Crippen LogP contribution in [0, 0.1) is 0 Å². The van der Waals surface area contributed by atoms with Crippen LogP contribution in [0.3, 0.4) is 0 Å². The molecule has 2 aromatic carbocycles. The van der Waals surface area contributed by atoms with Crippen molar-refractivity contribution in [2.24, 2.45) is 0 Å². The van der Waals surface area contributed by atoms with Crippen molar-refractivity contribution >= 4 is 38.9 Å².